The molecule has 162 valence electrons. The third-order valence-corrected chi connectivity index (χ3v) is 5.90. The third kappa shape index (κ3) is 3.59. The predicted octanol–water partition coefficient (Wildman–Crippen LogP) is 3.69. The maximum Gasteiger partial charge on any atom is 0.164 e. The Morgan fingerprint density at radius 1 is 0.844 bits per heavy atom. The van der Waals surface area contributed by atoms with E-state index in [-0.39, 0.29) is 0 Å². The van der Waals surface area contributed by atoms with E-state index in [1.54, 1.807) is 6.20 Å². The number of nitrogens with zero attached hydrogens (tertiary/aromatic N) is 4. The van der Waals surface area contributed by atoms with Gasteiger partial charge in [0.05, 0.1) is 18.9 Å². The minimum Gasteiger partial charge on any atom is -0.486 e. The Kier molecular flexibility index (Phi) is 4.97. The normalized spacial score (nSPS) is 16.4. The minimum atomic E-state index is 0.551. The van der Waals surface area contributed by atoms with Gasteiger partial charge in [0.2, 0.25) is 0 Å². The lowest BCUT2D eigenvalue weighted by Crippen LogP contribution is -2.35. The van der Waals surface area contributed by atoms with Gasteiger partial charge in [0.1, 0.15) is 24.6 Å². The molecule has 0 N–H and O–H groups in total. The molecule has 0 radical (unpaired) electrons. The first-order chi connectivity index (χ1) is 15.8. The first-order valence-corrected chi connectivity index (χ1v) is 11.0. The highest BCUT2D eigenvalue weighted by Gasteiger charge is 2.19. The zero-order valence-electron chi connectivity index (χ0n) is 17.7. The fourth-order valence-corrected chi connectivity index (χ4v) is 4.35. The summed E-state index contributed by atoms with van der Waals surface area (Å²) in [7, 11) is 0. The van der Waals surface area contributed by atoms with Gasteiger partial charge in [-0.05, 0) is 35.9 Å². The van der Waals surface area contributed by atoms with Gasteiger partial charge in [0, 0.05) is 37.5 Å². The zero-order valence-corrected chi connectivity index (χ0v) is 17.7. The summed E-state index contributed by atoms with van der Waals surface area (Å²) < 4.78 is 19.1. The van der Waals surface area contributed by atoms with Crippen molar-refractivity contribution in [3.63, 3.8) is 0 Å². The SMILES string of the molecule is c1cc(CN2CCOCC2)cc(-c2nc3cccnc3n2-c2ccc3c(c2)OCCO3)c1. The summed E-state index contributed by atoms with van der Waals surface area (Å²) in [6.07, 6.45) is 1.80. The average molecular weight is 428 g/mol. The van der Waals surface area contributed by atoms with Gasteiger partial charge in [-0.25, -0.2) is 9.97 Å². The fraction of sp³-hybridized carbons (Fsp3) is 0.280. The molecule has 0 bridgehead atoms. The van der Waals surface area contributed by atoms with Gasteiger partial charge < -0.3 is 14.2 Å². The highest BCUT2D eigenvalue weighted by Crippen LogP contribution is 2.35. The number of rotatable bonds is 4. The van der Waals surface area contributed by atoms with Crippen LogP contribution in [0.3, 0.4) is 0 Å². The molecule has 0 saturated carbocycles. The lowest BCUT2D eigenvalue weighted by Gasteiger charge is -2.26. The zero-order chi connectivity index (χ0) is 21.3. The maximum atomic E-state index is 5.83. The Balaban J connectivity index is 1.44. The number of aromatic nitrogens is 3. The molecule has 2 aromatic heterocycles. The van der Waals surface area contributed by atoms with Crippen LogP contribution in [-0.4, -0.2) is 59.0 Å². The van der Waals surface area contributed by atoms with Gasteiger partial charge in [-0.15, -0.1) is 0 Å². The summed E-state index contributed by atoms with van der Waals surface area (Å²) in [5, 5.41) is 0. The Morgan fingerprint density at radius 2 is 1.72 bits per heavy atom. The van der Waals surface area contributed by atoms with Crippen LogP contribution in [0.2, 0.25) is 0 Å². The lowest BCUT2D eigenvalue weighted by atomic mass is 10.1. The van der Waals surface area contributed by atoms with Crippen LogP contribution in [0.5, 0.6) is 11.5 Å². The Hall–Kier alpha value is -3.42. The smallest absolute Gasteiger partial charge is 0.164 e. The summed E-state index contributed by atoms with van der Waals surface area (Å²) >= 11 is 0. The van der Waals surface area contributed by atoms with Crippen LogP contribution in [0.1, 0.15) is 5.56 Å². The van der Waals surface area contributed by atoms with Crippen LogP contribution in [0.4, 0.5) is 0 Å². The average Bonchev–Trinajstić information content (AvgIpc) is 3.24. The highest BCUT2D eigenvalue weighted by atomic mass is 16.6. The van der Waals surface area contributed by atoms with E-state index >= 15 is 0 Å². The molecule has 4 aromatic rings. The number of hydrogen-bond donors (Lipinski definition) is 0. The van der Waals surface area contributed by atoms with Gasteiger partial charge in [0.15, 0.2) is 17.1 Å². The van der Waals surface area contributed by atoms with Crippen LogP contribution in [0, 0.1) is 0 Å². The van der Waals surface area contributed by atoms with E-state index < -0.39 is 0 Å². The van der Waals surface area contributed by atoms with Crippen LogP contribution < -0.4 is 9.47 Å². The van der Waals surface area contributed by atoms with E-state index in [1.807, 2.05) is 30.3 Å². The number of morpholine rings is 1. The second-order valence-corrected chi connectivity index (χ2v) is 8.03. The van der Waals surface area contributed by atoms with Crippen LogP contribution >= 0.6 is 0 Å². The molecule has 6 rings (SSSR count). The van der Waals surface area contributed by atoms with E-state index in [1.165, 1.54) is 5.56 Å². The van der Waals surface area contributed by atoms with Crippen molar-refractivity contribution in [2.75, 3.05) is 39.5 Å². The van der Waals surface area contributed by atoms with Gasteiger partial charge in [-0.2, -0.15) is 0 Å². The largest absolute Gasteiger partial charge is 0.486 e. The van der Waals surface area contributed by atoms with Crippen molar-refractivity contribution < 1.29 is 14.2 Å². The molecule has 2 aromatic carbocycles. The molecule has 32 heavy (non-hydrogen) atoms. The summed E-state index contributed by atoms with van der Waals surface area (Å²) in [6.45, 7) is 5.54. The molecule has 1 saturated heterocycles. The van der Waals surface area contributed by atoms with Gasteiger partial charge >= 0.3 is 0 Å². The molecule has 7 nitrogen and oxygen atoms in total. The molecule has 4 heterocycles. The number of pyridine rings is 1. The van der Waals surface area contributed by atoms with E-state index in [0.717, 1.165) is 72.6 Å². The van der Waals surface area contributed by atoms with Crippen LogP contribution in [0.25, 0.3) is 28.2 Å². The summed E-state index contributed by atoms with van der Waals surface area (Å²) in [6, 6.07) is 18.5. The summed E-state index contributed by atoms with van der Waals surface area (Å²) in [5.41, 5.74) is 4.94. The molecule has 1 fully saturated rings. The molecular formula is C25H24N4O3. The predicted molar refractivity (Wildman–Crippen MR) is 121 cm³/mol. The maximum absolute atomic E-state index is 5.83. The van der Waals surface area contributed by atoms with Crippen molar-refractivity contribution in [3.8, 4) is 28.6 Å². The van der Waals surface area contributed by atoms with Gasteiger partial charge in [0.25, 0.3) is 0 Å². The number of hydrogen-bond acceptors (Lipinski definition) is 6. The van der Waals surface area contributed by atoms with Gasteiger partial charge in [-0.3, -0.25) is 9.47 Å². The van der Waals surface area contributed by atoms with Crippen LogP contribution in [0.15, 0.2) is 60.8 Å². The first kappa shape index (κ1) is 19.3. The molecular weight excluding hydrogens is 404 g/mol. The molecule has 0 aliphatic carbocycles. The molecule has 0 unspecified atom stereocenters. The topological polar surface area (TPSA) is 61.6 Å². The van der Waals surface area contributed by atoms with Crippen LogP contribution in [-0.2, 0) is 11.3 Å². The Labute approximate surface area is 186 Å². The van der Waals surface area contributed by atoms with E-state index in [4.69, 9.17) is 19.2 Å². The summed E-state index contributed by atoms with van der Waals surface area (Å²) in [5.74, 6) is 2.38. The first-order valence-electron chi connectivity index (χ1n) is 11.0. The molecule has 0 atom stereocenters. The van der Waals surface area contributed by atoms with Crippen molar-refractivity contribution in [1.29, 1.82) is 0 Å². The number of fused-ring (bicyclic) bond motifs is 2. The van der Waals surface area contributed by atoms with Crippen molar-refractivity contribution in [2.24, 2.45) is 0 Å². The lowest BCUT2D eigenvalue weighted by molar-refractivity contribution is 0.0342. The van der Waals surface area contributed by atoms with E-state index in [0.29, 0.717) is 13.2 Å². The molecule has 2 aliphatic heterocycles. The molecule has 0 spiro atoms. The van der Waals surface area contributed by atoms with Crippen molar-refractivity contribution >= 4 is 11.2 Å². The second-order valence-electron chi connectivity index (χ2n) is 8.03. The monoisotopic (exact) mass is 428 g/mol. The molecule has 2 aliphatic rings. The van der Waals surface area contributed by atoms with Crippen molar-refractivity contribution in [1.82, 2.24) is 19.4 Å². The highest BCUT2D eigenvalue weighted by molar-refractivity contribution is 5.80. The second kappa shape index (κ2) is 8.26. The third-order valence-electron chi connectivity index (χ3n) is 5.90. The number of benzene rings is 2. The molecule has 0 amide bonds. The minimum absolute atomic E-state index is 0.551. The Morgan fingerprint density at radius 3 is 2.62 bits per heavy atom. The quantitative estimate of drug-likeness (QED) is 0.494. The number of imidazole rings is 1. The number of ether oxygens (including phenoxy) is 3. The molecule has 7 heteroatoms. The van der Waals surface area contributed by atoms with E-state index in [2.05, 4.69) is 38.7 Å². The van der Waals surface area contributed by atoms with E-state index in [9.17, 15) is 0 Å². The summed E-state index contributed by atoms with van der Waals surface area (Å²) in [4.78, 5) is 12.0. The van der Waals surface area contributed by atoms with Crippen molar-refractivity contribution in [2.45, 2.75) is 6.54 Å². The Bertz CT molecular complexity index is 1260. The fourth-order valence-electron chi connectivity index (χ4n) is 4.35. The standard InChI is InChI=1S/C25H24N4O3/c1-3-18(17-28-9-11-30-12-10-28)15-19(4-1)24-27-21-5-2-8-26-25(21)29(24)20-6-7-22-23(16-20)32-14-13-31-22/h1-8,15-16H,9-14,17H2. The van der Waals surface area contributed by atoms with Gasteiger partial charge in [-0.1, -0.05) is 18.2 Å². The van der Waals surface area contributed by atoms with Crippen molar-refractivity contribution in [3.05, 3.63) is 66.4 Å².